The number of benzene rings is 1. The minimum absolute atomic E-state index is 0.0509. The minimum Gasteiger partial charge on any atom is -0.497 e. The van der Waals surface area contributed by atoms with Gasteiger partial charge in [-0.1, -0.05) is 0 Å². The quantitative estimate of drug-likeness (QED) is 0.439. The van der Waals surface area contributed by atoms with E-state index in [1.807, 2.05) is 0 Å². The van der Waals surface area contributed by atoms with Crippen LogP contribution in [-0.4, -0.2) is 68.0 Å². The lowest BCUT2D eigenvalue weighted by Crippen LogP contribution is -2.49. The number of amides is 1. The van der Waals surface area contributed by atoms with E-state index >= 15 is 0 Å². The van der Waals surface area contributed by atoms with Crippen LogP contribution in [0.2, 0.25) is 0 Å². The van der Waals surface area contributed by atoms with Crippen LogP contribution < -0.4 is 14.8 Å². The molecule has 146 valence electrons. The van der Waals surface area contributed by atoms with Gasteiger partial charge in [0.25, 0.3) is 5.91 Å². The summed E-state index contributed by atoms with van der Waals surface area (Å²) in [4.78, 5) is 23.9. The third-order valence-corrected chi connectivity index (χ3v) is 4.33. The lowest BCUT2D eigenvalue weighted by atomic mass is 10.1. The van der Waals surface area contributed by atoms with Gasteiger partial charge in [-0.15, -0.1) is 0 Å². The Morgan fingerprint density at radius 1 is 1.19 bits per heavy atom. The monoisotopic (exact) mass is 393 g/mol. The predicted molar refractivity (Wildman–Crippen MR) is 104 cm³/mol. The molecule has 1 aromatic rings. The largest absolute Gasteiger partial charge is 0.497 e. The Morgan fingerprint density at radius 2 is 1.93 bits per heavy atom. The number of methoxy groups -OCH3 is 3. The molecular formula is C18H23N3O5S. The molecule has 8 nitrogen and oxygen atoms in total. The van der Waals surface area contributed by atoms with Gasteiger partial charge in [-0.05, 0) is 42.9 Å². The van der Waals surface area contributed by atoms with Crippen LogP contribution in [0, 0.1) is 0 Å². The number of nitrogens with zero attached hydrogens (tertiary/aromatic N) is 2. The Labute approximate surface area is 163 Å². The van der Waals surface area contributed by atoms with E-state index in [4.69, 9.17) is 21.7 Å². The van der Waals surface area contributed by atoms with Gasteiger partial charge in [0, 0.05) is 24.7 Å². The summed E-state index contributed by atoms with van der Waals surface area (Å²) < 4.78 is 15.1. The van der Waals surface area contributed by atoms with Crippen LogP contribution in [0.15, 0.2) is 24.3 Å². The number of hydrogen-bond donors (Lipinski definition) is 1. The highest BCUT2D eigenvalue weighted by Crippen LogP contribution is 2.25. The molecule has 27 heavy (non-hydrogen) atoms. The van der Waals surface area contributed by atoms with E-state index in [1.54, 1.807) is 43.5 Å². The zero-order valence-electron chi connectivity index (χ0n) is 15.6. The molecule has 0 aliphatic carbocycles. The van der Waals surface area contributed by atoms with Gasteiger partial charge in [-0.3, -0.25) is 14.6 Å². The van der Waals surface area contributed by atoms with Gasteiger partial charge in [0.15, 0.2) is 5.11 Å². The van der Waals surface area contributed by atoms with Crippen molar-refractivity contribution >= 4 is 35.3 Å². The Hall–Kier alpha value is -2.81. The topological polar surface area (TPSA) is 80.3 Å². The first-order valence-electron chi connectivity index (χ1n) is 8.33. The van der Waals surface area contributed by atoms with Gasteiger partial charge in [0.1, 0.15) is 18.0 Å². The van der Waals surface area contributed by atoms with Crippen molar-refractivity contribution in [3.05, 3.63) is 29.8 Å². The summed E-state index contributed by atoms with van der Waals surface area (Å²) in [5.41, 5.74) is 0.724. The first-order chi connectivity index (χ1) is 13.0. The number of nitrogens with one attached hydrogen (secondary N) is 1. The minimum atomic E-state index is -0.431. The molecule has 0 aromatic heterocycles. The summed E-state index contributed by atoms with van der Waals surface area (Å²) in [5.74, 6) is 0.645. The molecular weight excluding hydrogens is 370 g/mol. The zero-order chi connectivity index (χ0) is 19.8. The lowest BCUT2D eigenvalue weighted by Gasteiger charge is -2.29. The van der Waals surface area contributed by atoms with Gasteiger partial charge in [0.2, 0.25) is 0 Å². The molecule has 0 bridgehead atoms. The van der Waals surface area contributed by atoms with Crippen LogP contribution in [-0.2, 0) is 14.3 Å². The molecule has 0 spiro atoms. The fraction of sp³-hybridized carbons (Fsp3) is 0.389. The van der Waals surface area contributed by atoms with E-state index in [-0.39, 0.29) is 12.5 Å². The fourth-order valence-corrected chi connectivity index (χ4v) is 2.84. The molecule has 1 saturated heterocycles. The van der Waals surface area contributed by atoms with Crippen molar-refractivity contribution in [2.75, 3.05) is 41.0 Å². The molecule has 1 fully saturated rings. The number of carbonyl (C=O) groups is 2. The Morgan fingerprint density at radius 3 is 2.59 bits per heavy atom. The second kappa shape index (κ2) is 9.77. The van der Waals surface area contributed by atoms with Crippen molar-refractivity contribution in [3.63, 3.8) is 0 Å². The molecule has 1 aromatic carbocycles. The summed E-state index contributed by atoms with van der Waals surface area (Å²) in [6.45, 7) is 1.08. The molecule has 9 heteroatoms. The summed E-state index contributed by atoms with van der Waals surface area (Å²) >= 11 is 5.28. The van der Waals surface area contributed by atoms with Gasteiger partial charge in [0.05, 0.1) is 21.3 Å². The molecule has 0 radical (unpaired) electrons. The molecule has 1 aliphatic rings. The second-order valence-corrected chi connectivity index (χ2v) is 6.00. The second-order valence-electron chi connectivity index (χ2n) is 5.61. The van der Waals surface area contributed by atoms with E-state index in [1.165, 1.54) is 18.2 Å². The highest BCUT2D eigenvalue weighted by molar-refractivity contribution is 7.80. The zero-order valence-corrected chi connectivity index (χ0v) is 16.4. The van der Waals surface area contributed by atoms with Crippen LogP contribution in [0.1, 0.15) is 12.0 Å². The molecule has 0 unspecified atom stereocenters. The van der Waals surface area contributed by atoms with Crippen molar-refractivity contribution in [2.45, 2.75) is 6.42 Å². The van der Waals surface area contributed by atoms with Gasteiger partial charge < -0.3 is 19.5 Å². The first kappa shape index (κ1) is 20.5. The van der Waals surface area contributed by atoms with E-state index < -0.39 is 5.97 Å². The van der Waals surface area contributed by atoms with Crippen LogP contribution in [0.25, 0.3) is 6.08 Å². The summed E-state index contributed by atoms with van der Waals surface area (Å²) in [6, 6.07) is 5.34. The number of rotatable bonds is 6. The van der Waals surface area contributed by atoms with Gasteiger partial charge >= 0.3 is 5.97 Å². The smallest absolute Gasteiger partial charge is 0.325 e. The normalized spacial score (nSPS) is 13.6. The van der Waals surface area contributed by atoms with E-state index in [2.05, 4.69) is 10.1 Å². The first-order valence-corrected chi connectivity index (χ1v) is 8.74. The number of carbonyl (C=O) groups excluding carboxylic acids is 2. The highest BCUT2D eigenvalue weighted by atomic mass is 32.1. The maximum absolute atomic E-state index is 12.6. The third-order valence-electron chi connectivity index (χ3n) is 3.97. The van der Waals surface area contributed by atoms with Crippen molar-refractivity contribution in [2.24, 2.45) is 0 Å². The molecule has 0 atom stereocenters. The average Bonchev–Trinajstić information content (AvgIpc) is 3.19. The van der Waals surface area contributed by atoms with E-state index in [9.17, 15) is 9.59 Å². The molecule has 2 rings (SSSR count). The lowest BCUT2D eigenvalue weighted by molar-refractivity contribution is -0.139. The third kappa shape index (κ3) is 5.33. The maximum Gasteiger partial charge on any atom is 0.325 e. The molecule has 1 amide bonds. The van der Waals surface area contributed by atoms with Crippen molar-refractivity contribution in [1.82, 2.24) is 15.3 Å². The number of esters is 1. The molecule has 1 heterocycles. The van der Waals surface area contributed by atoms with Crippen LogP contribution in [0.5, 0.6) is 11.5 Å². The summed E-state index contributed by atoms with van der Waals surface area (Å²) in [5, 5.41) is 6.28. The number of ether oxygens (including phenoxy) is 3. The fourth-order valence-electron chi connectivity index (χ4n) is 2.58. The predicted octanol–water partition coefficient (Wildman–Crippen LogP) is 1.21. The Kier molecular flexibility index (Phi) is 7.42. The van der Waals surface area contributed by atoms with Gasteiger partial charge in [-0.25, -0.2) is 5.01 Å². The molecule has 1 N–H and O–H groups in total. The van der Waals surface area contributed by atoms with Crippen LogP contribution in [0.4, 0.5) is 0 Å². The Balaban J connectivity index is 2.07. The average molecular weight is 393 g/mol. The number of hydrazine groups is 1. The maximum atomic E-state index is 12.6. The van der Waals surface area contributed by atoms with Gasteiger partial charge in [-0.2, -0.15) is 0 Å². The highest BCUT2D eigenvalue weighted by Gasteiger charge is 2.27. The standard InChI is InChI=1S/C18H23N3O5S/c1-24-14-6-7-15(25-2)13(11-14)5-8-16(22)20-9-4-10-21(20)18(27)19-12-17(23)26-3/h5-8,11H,4,9-10,12H2,1-3H3,(H,19,27). The van der Waals surface area contributed by atoms with Crippen LogP contribution >= 0.6 is 12.2 Å². The van der Waals surface area contributed by atoms with E-state index in [0.717, 1.165) is 12.0 Å². The van der Waals surface area contributed by atoms with E-state index in [0.29, 0.717) is 29.7 Å². The SMILES string of the molecule is COC(=O)CNC(=S)N1CCCN1C(=O)C=Cc1cc(OC)ccc1OC. The van der Waals surface area contributed by atoms with Crippen molar-refractivity contribution < 1.29 is 23.8 Å². The summed E-state index contributed by atoms with van der Waals surface area (Å²) in [7, 11) is 4.44. The molecule has 0 saturated carbocycles. The number of thiocarbonyl (C=S) groups is 1. The number of hydrogen-bond acceptors (Lipinski definition) is 6. The van der Waals surface area contributed by atoms with Crippen LogP contribution in [0.3, 0.4) is 0 Å². The van der Waals surface area contributed by atoms with Crippen molar-refractivity contribution in [3.8, 4) is 11.5 Å². The van der Waals surface area contributed by atoms with Crippen molar-refractivity contribution in [1.29, 1.82) is 0 Å². The summed E-state index contributed by atoms with van der Waals surface area (Å²) in [6.07, 6.45) is 3.91. The Bertz CT molecular complexity index is 738. The molecule has 1 aliphatic heterocycles.